The van der Waals surface area contributed by atoms with Gasteiger partial charge in [-0.25, -0.2) is 0 Å². The number of nitrogens with zero attached hydrogens (tertiary/aromatic N) is 2. The normalized spacial score (nSPS) is 25.5. The second-order valence-electron chi connectivity index (χ2n) is 9.90. The number of aromatic hydroxyl groups is 1. The number of ketones is 2. The third-order valence-electron chi connectivity index (χ3n) is 7.64. The first-order valence-corrected chi connectivity index (χ1v) is 11.8. The molecule has 3 unspecified atom stereocenters. The number of hydrogen-bond acceptors (Lipinski definition) is 8. The Labute approximate surface area is 207 Å². The predicted octanol–water partition coefficient (Wildman–Crippen LogP) is 1.99. The van der Waals surface area contributed by atoms with Crippen molar-refractivity contribution in [3.8, 4) is 5.75 Å². The van der Waals surface area contributed by atoms with Crippen LogP contribution >= 0.6 is 0 Å². The fourth-order valence-corrected chi connectivity index (χ4v) is 6.20. The Hall–Kier alpha value is -3.98. The molecular formula is C27H27N3O6. The number of hydrogen-bond donors (Lipinski definition) is 4. The molecule has 1 amide bonds. The van der Waals surface area contributed by atoms with Gasteiger partial charge in [0.2, 0.25) is 0 Å². The van der Waals surface area contributed by atoms with Crippen molar-refractivity contribution in [2.45, 2.75) is 25.3 Å². The maximum atomic E-state index is 13.7. The number of Topliss-reactive ketones (excluding diaryl/α,β-unsaturated/α-hetero) is 2. The molecule has 9 heteroatoms. The smallest absolute Gasteiger partial charge is 0.255 e. The number of phenols is 1. The third-order valence-corrected chi connectivity index (χ3v) is 7.64. The average molecular weight is 490 g/mol. The van der Waals surface area contributed by atoms with Crippen LogP contribution in [0.4, 0.5) is 0 Å². The van der Waals surface area contributed by atoms with E-state index in [1.54, 1.807) is 31.3 Å². The van der Waals surface area contributed by atoms with Crippen LogP contribution in [0.1, 0.15) is 33.6 Å². The van der Waals surface area contributed by atoms with E-state index in [0.717, 1.165) is 11.3 Å². The first-order valence-electron chi connectivity index (χ1n) is 11.8. The van der Waals surface area contributed by atoms with Crippen molar-refractivity contribution in [2.24, 2.45) is 23.5 Å². The molecule has 0 bridgehead atoms. The molecule has 0 fully saturated rings. The van der Waals surface area contributed by atoms with Crippen LogP contribution in [0.2, 0.25) is 0 Å². The summed E-state index contributed by atoms with van der Waals surface area (Å²) in [6.07, 6.45) is 2.83. The average Bonchev–Trinajstić information content (AvgIpc) is 2.80. The Balaban J connectivity index is 1.63. The molecule has 3 aliphatic rings. The van der Waals surface area contributed by atoms with Crippen LogP contribution in [0.15, 0.2) is 59.2 Å². The summed E-state index contributed by atoms with van der Waals surface area (Å²) < 4.78 is 0. The molecule has 1 aromatic heterocycles. The number of benzene rings is 1. The van der Waals surface area contributed by atoms with E-state index in [9.17, 15) is 29.7 Å². The van der Waals surface area contributed by atoms with Gasteiger partial charge in [-0.2, -0.15) is 0 Å². The number of amides is 1. The summed E-state index contributed by atoms with van der Waals surface area (Å²) in [4.78, 5) is 45.0. The number of likely N-dealkylation sites (N-methyl/N-ethyl adjacent to an activating group) is 1. The minimum Gasteiger partial charge on any atom is -0.511 e. The minimum atomic E-state index is -1.19. The summed E-state index contributed by atoms with van der Waals surface area (Å²) in [7, 11) is 3.40. The standard InChI is InChI=1S/C27H27N3O6/c1-30(2)22-16-11-13-10-15-12(9-14-5-3-4-8-29-14)6-7-17(31)19(15)23(32)18(13)24(33)20(16)25(34)21(26(22)35)27(28)36/h3-8,13,16,20,22,31,33,35H,9-11H2,1-2H3,(H2,28,36)/t13?,16?,20?,22-/m0/s1. The fraction of sp³-hybridized carbons (Fsp3) is 0.333. The molecule has 0 radical (unpaired) electrons. The number of aromatic nitrogens is 1. The minimum absolute atomic E-state index is 0.0742. The van der Waals surface area contributed by atoms with Crippen LogP contribution in [0, 0.1) is 17.8 Å². The van der Waals surface area contributed by atoms with E-state index in [1.165, 1.54) is 6.07 Å². The summed E-state index contributed by atoms with van der Waals surface area (Å²) in [6, 6.07) is 8.06. The molecule has 36 heavy (non-hydrogen) atoms. The molecule has 4 atom stereocenters. The van der Waals surface area contributed by atoms with E-state index < -0.39 is 58.4 Å². The van der Waals surface area contributed by atoms with E-state index in [4.69, 9.17) is 5.73 Å². The number of pyridine rings is 1. The lowest BCUT2D eigenvalue weighted by molar-refractivity contribution is -0.127. The van der Waals surface area contributed by atoms with Gasteiger partial charge >= 0.3 is 0 Å². The van der Waals surface area contributed by atoms with Crippen LogP contribution in [0.3, 0.4) is 0 Å². The number of carbonyl (C=O) groups is 3. The van der Waals surface area contributed by atoms with Crippen LogP contribution < -0.4 is 5.73 Å². The zero-order chi connectivity index (χ0) is 25.9. The van der Waals surface area contributed by atoms with Gasteiger partial charge in [-0.05, 0) is 68.1 Å². The van der Waals surface area contributed by atoms with Gasteiger partial charge in [-0.1, -0.05) is 12.1 Å². The van der Waals surface area contributed by atoms with Gasteiger partial charge in [0.15, 0.2) is 11.6 Å². The number of aliphatic hydroxyl groups is 2. The largest absolute Gasteiger partial charge is 0.511 e. The van der Waals surface area contributed by atoms with Crippen molar-refractivity contribution < 1.29 is 29.7 Å². The van der Waals surface area contributed by atoms with E-state index in [0.29, 0.717) is 24.8 Å². The summed E-state index contributed by atoms with van der Waals surface area (Å²) in [6.45, 7) is 0. The van der Waals surface area contributed by atoms with Gasteiger partial charge < -0.3 is 21.1 Å². The van der Waals surface area contributed by atoms with Gasteiger partial charge in [-0.15, -0.1) is 0 Å². The zero-order valence-corrected chi connectivity index (χ0v) is 19.9. The number of fused-ring (bicyclic) bond motifs is 3. The van der Waals surface area contributed by atoms with Gasteiger partial charge in [0.25, 0.3) is 5.91 Å². The Morgan fingerprint density at radius 1 is 1.11 bits per heavy atom. The summed E-state index contributed by atoms with van der Waals surface area (Å²) in [5, 5.41) is 32.8. The highest BCUT2D eigenvalue weighted by atomic mass is 16.3. The number of primary amides is 1. The molecule has 0 spiro atoms. The van der Waals surface area contributed by atoms with E-state index in [-0.39, 0.29) is 16.9 Å². The molecule has 1 heterocycles. The van der Waals surface area contributed by atoms with Crippen molar-refractivity contribution >= 4 is 17.5 Å². The molecule has 0 saturated carbocycles. The molecular weight excluding hydrogens is 462 g/mol. The molecule has 0 saturated heterocycles. The number of allylic oxidation sites excluding steroid dienone is 2. The van der Waals surface area contributed by atoms with Crippen molar-refractivity contribution in [3.05, 3.63) is 81.6 Å². The topological polar surface area (TPSA) is 154 Å². The quantitative estimate of drug-likeness (QED) is 0.476. The number of rotatable bonds is 4. The lowest BCUT2D eigenvalue weighted by Gasteiger charge is -2.46. The second-order valence-corrected chi connectivity index (χ2v) is 9.90. The predicted molar refractivity (Wildman–Crippen MR) is 129 cm³/mol. The van der Waals surface area contributed by atoms with Gasteiger partial charge in [0.05, 0.1) is 17.5 Å². The summed E-state index contributed by atoms with van der Waals surface area (Å²) in [5.41, 5.74) is 7.38. The Morgan fingerprint density at radius 2 is 1.86 bits per heavy atom. The van der Waals surface area contributed by atoms with E-state index in [2.05, 4.69) is 4.98 Å². The Bertz CT molecular complexity index is 1360. The highest BCUT2D eigenvalue weighted by Gasteiger charge is 2.54. The first kappa shape index (κ1) is 23.7. The SMILES string of the molecule is CN(C)[C@@H]1C(O)=C(C(N)=O)C(=O)C2C(O)=C3C(=O)c4c(O)ccc(Cc5ccccn5)c4CC3CC21. The van der Waals surface area contributed by atoms with Gasteiger partial charge in [0, 0.05) is 23.9 Å². The van der Waals surface area contributed by atoms with Crippen LogP contribution in [0.25, 0.3) is 0 Å². The Morgan fingerprint density at radius 3 is 2.50 bits per heavy atom. The lowest BCUT2D eigenvalue weighted by atomic mass is 9.60. The van der Waals surface area contributed by atoms with Crippen molar-refractivity contribution in [1.82, 2.24) is 9.88 Å². The highest BCUT2D eigenvalue weighted by Crippen LogP contribution is 2.50. The van der Waals surface area contributed by atoms with E-state index in [1.807, 2.05) is 18.2 Å². The van der Waals surface area contributed by atoms with Crippen LogP contribution in [0.5, 0.6) is 5.75 Å². The van der Waals surface area contributed by atoms with E-state index >= 15 is 0 Å². The molecule has 5 N–H and O–H groups in total. The van der Waals surface area contributed by atoms with Crippen molar-refractivity contribution in [2.75, 3.05) is 14.1 Å². The molecule has 0 aliphatic heterocycles. The summed E-state index contributed by atoms with van der Waals surface area (Å²) in [5.74, 6) is -5.63. The zero-order valence-electron chi connectivity index (χ0n) is 19.9. The molecule has 186 valence electrons. The number of phenolic OH excluding ortho intramolecular Hbond substituents is 1. The molecule has 2 aromatic rings. The molecule has 3 aliphatic carbocycles. The van der Waals surface area contributed by atoms with Gasteiger partial charge in [0.1, 0.15) is 22.8 Å². The summed E-state index contributed by atoms with van der Waals surface area (Å²) >= 11 is 0. The Kier molecular flexibility index (Phi) is 5.67. The number of aliphatic hydroxyl groups excluding tert-OH is 2. The molecule has 1 aromatic carbocycles. The third kappa shape index (κ3) is 3.50. The van der Waals surface area contributed by atoms with Crippen molar-refractivity contribution in [1.29, 1.82) is 0 Å². The van der Waals surface area contributed by atoms with Crippen LogP contribution in [-0.4, -0.2) is 62.8 Å². The maximum absolute atomic E-state index is 13.7. The lowest BCUT2D eigenvalue weighted by Crippen LogP contribution is -2.53. The molecule has 9 nitrogen and oxygen atoms in total. The first-order chi connectivity index (χ1) is 17.1. The number of carbonyl (C=O) groups excluding carboxylic acids is 3. The molecule has 5 rings (SSSR count). The second kappa shape index (κ2) is 8.60. The maximum Gasteiger partial charge on any atom is 0.255 e. The van der Waals surface area contributed by atoms with Crippen LogP contribution in [-0.2, 0) is 22.4 Å². The van der Waals surface area contributed by atoms with Crippen molar-refractivity contribution in [3.63, 3.8) is 0 Å². The monoisotopic (exact) mass is 489 g/mol. The highest BCUT2D eigenvalue weighted by molar-refractivity contribution is 6.22. The number of nitrogens with two attached hydrogens (primary N) is 1. The van der Waals surface area contributed by atoms with Gasteiger partial charge in [-0.3, -0.25) is 24.3 Å². The fourth-order valence-electron chi connectivity index (χ4n) is 6.20.